The standard InChI is InChI=1S/C17H28N2O4/c1-12(2)15(20)19-7-3-4-14(19)16(21)18-8-5-13(6-9-18)17-22-10-11-23-17/h12-14,17H,3-11H2,1-2H3. The normalized spacial score (nSPS) is 27.2. The van der Waals surface area contributed by atoms with Crippen molar-refractivity contribution in [3.05, 3.63) is 0 Å². The van der Waals surface area contributed by atoms with E-state index in [1.165, 1.54) is 0 Å². The second-order valence-corrected chi connectivity index (χ2v) is 7.12. The number of rotatable bonds is 3. The molecule has 0 saturated carbocycles. The molecule has 1 atom stereocenters. The van der Waals surface area contributed by atoms with Crippen LogP contribution in [0.25, 0.3) is 0 Å². The van der Waals surface area contributed by atoms with E-state index < -0.39 is 0 Å². The van der Waals surface area contributed by atoms with E-state index >= 15 is 0 Å². The summed E-state index contributed by atoms with van der Waals surface area (Å²) in [5.41, 5.74) is 0. The number of likely N-dealkylation sites (tertiary alicyclic amines) is 2. The number of amides is 2. The Bertz CT molecular complexity index is 440. The van der Waals surface area contributed by atoms with Crippen molar-refractivity contribution < 1.29 is 19.1 Å². The van der Waals surface area contributed by atoms with Crippen molar-refractivity contribution in [3.63, 3.8) is 0 Å². The summed E-state index contributed by atoms with van der Waals surface area (Å²) in [5.74, 6) is 0.566. The lowest BCUT2D eigenvalue weighted by Crippen LogP contribution is -2.51. The highest BCUT2D eigenvalue weighted by atomic mass is 16.7. The first-order valence-corrected chi connectivity index (χ1v) is 8.90. The fourth-order valence-corrected chi connectivity index (χ4v) is 3.87. The van der Waals surface area contributed by atoms with Crippen molar-refractivity contribution in [3.8, 4) is 0 Å². The fourth-order valence-electron chi connectivity index (χ4n) is 3.87. The zero-order valence-electron chi connectivity index (χ0n) is 14.2. The molecule has 0 aliphatic carbocycles. The number of hydrogen-bond acceptors (Lipinski definition) is 4. The highest BCUT2D eigenvalue weighted by Gasteiger charge is 2.39. The molecule has 6 heteroatoms. The van der Waals surface area contributed by atoms with Gasteiger partial charge < -0.3 is 19.3 Å². The van der Waals surface area contributed by atoms with Crippen LogP contribution >= 0.6 is 0 Å². The molecule has 0 aromatic heterocycles. The van der Waals surface area contributed by atoms with E-state index in [4.69, 9.17) is 9.47 Å². The second kappa shape index (κ2) is 7.18. The molecule has 130 valence electrons. The van der Waals surface area contributed by atoms with Gasteiger partial charge in [0, 0.05) is 31.5 Å². The lowest BCUT2D eigenvalue weighted by atomic mass is 9.95. The van der Waals surface area contributed by atoms with Gasteiger partial charge in [-0.05, 0) is 25.7 Å². The van der Waals surface area contributed by atoms with Gasteiger partial charge in [-0.25, -0.2) is 0 Å². The quantitative estimate of drug-likeness (QED) is 0.784. The van der Waals surface area contributed by atoms with Gasteiger partial charge >= 0.3 is 0 Å². The number of piperidine rings is 1. The molecule has 2 amide bonds. The molecular formula is C17H28N2O4. The number of ether oxygens (including phenoxy) is 2. The number of carbonyl (C=O) groups excluding carboxylic acids is 2. The predicted octanol–water partition coefficient (Wildman–Crippen LogP) is 1.24. The third kappa shape index (κ3) is 3.53. The Morgan fingerprint density at radius 3 is 2.26 bits per heavy atom. The average Bonchev–Trinajstić information content (AvgIpc) is 3.25. The van der Waals surface area contributed by atoms with Gasteiger partial charge in [-0.3, -0.25) is 9.59 Å². The van der Waals surface area contributed by atoms with E-state index in [0.717, 1.165) is 38.8 Å². The van der Waals surface area contributed by atoms with E-state index in [1.807, 2.05) is 18.7 Å². The molecule has 3 aliphatic rings. The van der Waals surface area contributed by atoms with Gasteiger partial charge in [-0.2, -0.15) is 0 Å². The maximum atomic E-state index is 12.8. The minimum atomic E-state index is -0.250. The van der Waals surface area contributed by atoms with Crippen LogP contribution in [0, 0.1) is 11.8 Å². The fraction of sp³-hybridized carbons (Fsp3) is 0.882. The molecule has 3 heterocycles. The summed E-state index contributed by atoms with van der Waals surface area (Å²) in [4.78, 5) is 28.9. The van der Waals surface area contributed by atoms with Gasteiger partial charge in [-0.15, -0.1) is 0 Å². The highest BCUT2D eigenvalue weighted by Crippen LogP contribution is 2.28. The smallest absolute Gasteiger partial charge is 0.245 e. The van der Waals surface area contributed by atoms with Crippen molar-refractivity contribution in [2.45, 2.75) is 51.9 Å². The number of hydrogen-bond donors (Lipinski definition) is 0. The highest BCUT2D eigenvalue weighted by molar-refractivity contribution is 5.89. The lowest BCUT2D eigenvalue weighted by molar-refractivity contribution is -0.148. The van der Waals surface area contributed by atoms with Gasteiger partial charge in [0.25, 0.3) is 0 Å². The maximum absolute atomic E-state index is 12.8. The Hall–Kier alpha value is -1.14. The Balaban J connectivity index is 1.55. The number of carbonyl (C=O) groups is 2. The molecule has 0 N–H and O–H groups in total. The van der Waals surface area contributed by atoms with Crippen molar-refractivity contribution in [1.82, 2.24) is 9.80 Å². The molecule has 0 bridgehead atoms. The Kier molecular flexibility index (Phi) is 5.21. The minimum absolute atomic E-state index is 0.0502. The third-order valence-corrected chi connectivity index (χ3v) is 5.20. The summed E-state index contributed by atoms with van der Waals surface area (Å²) < 4.78 is 11.2. The first-order valence-electron chi connectivity index (χ1n) is 8.90. The SMILES string of the molecule is CC(C)C(=O)N1CCCC1C(=O)N1CCC(C2OCCO2)CC1. The largest absolute Gasteiger partial charge is 0.350 e. The van der Waals surface area contributed by atoms with Gasteiger partial charge in [-0.1, -0.05) is 13.8 Å². The topological polar surface area (TPSA) is 59.1 Å². The second-order valence-electron chi connectivity index (χ2n) is 7.12. The summed E-state index contributed by atoms with van der Waals surface area (Å²) in [6.45, 7) is 7.36. The average molecular weight is 324 g/mol. The maximum Gasteiger partial charge on any atom is 0.245 e. The first kappa shape index (κ1) is 16.7. The Morgan fingerprint density at radius 2 is 1.65 bits per heavy atom. The molecule has 0 aromatic carbocycles. The summed E-state index contributed by atoms with van der Waals surface area (Å²) in [7, 11) is 0. The van der Waals surface area contributed by atoms with Crippen LogP contribution in [0.2, 0.25) is 0 Å². The van der Waals surface area contributed by atoms with Crippen LogP contribution in [-0.4, -0.2) is 66.8 Å². The zero-order valence-corrected chi connectivity index (χ0v) is 14.2. The van der Waals surface area contributed by atoms with Crippen LogP contribution < -0.4 is 0 Å². The van der Waals surface area contributed by atoms with Crippen LogP contribution in [0.1, 0.15) is 39.5 Å². The molecule has 3 fully saturated rings. The summed E-state index contributed by atoms with van der Waals surface area (Å²) in [5, 5.41) is 0. The molecule has 3 saturated heterocycles. The molecule has 0 aromatic rings. The van der Waals surface area contributed by atoms with Crippen LogP contribution in [0.3, 0.4) is 0 Å². The monoisotopic (exact) mass is 324 g/mol. The molecule has 0 radical (unpaired) electrons. The predicted molar refractivity (Wildman–Crippen MR) is 84.6 cm³/mol. The molecule has 6 nitrogen and oxygen atoms in total. The summed E-state index contributed by atoms with van der Waals surface area (Å²) >= 11 is 0. The van der Waals surface area contributed by atoms with Crippen molar-refractivity contribution >= 4 is 11.8 Å². The molecule has 3 aliphatic heterocycles. The molecular weight excluding hydrogens is 296 g/mol. The van der Waals surface area contributed by atoms with Gasteiger partial charge in [0.2, 0.25) is 11.8 Å². The number of nitrogens with zero attached hydrogens (tertiary/aromatic N) is 2. The van der Waals surface area contributed by atoms with Gasteiger partial charge in [0.05, 0.1) is 13.2 Å². The van der Waals surface area contributed by atoms with E-state index in [0.29, 0.717) is 25.7 Å². The molecule has 23 heavy (non-hydrogen) atoms. The van der Waals surface area contributed by atoms with E-state index in [-0.39, 0.29) is 30.1 Å². The van der Waals surface area contributed by atoms with E-state index in [9.17, 15) is 9.59 Å². The van der Waals surface area contributed by atoms with Crippen LogP contribution in [0.15, 0.2) is 0 Å². The summed E-state index contributed by atoms with van der Waals surface area (Å²) in [6.07, 6.45) is 3.47. The van der Waals surface area contributed by atoms with Crippen molar-refractivity contribution in [2.24, 2.45) is 11.8 Å². The Labute approximate surface area is 138 Å². The van der Waals surface area contributed by atoms with Gasteiger partial charge in [0.15, 0.2) is 6.29 Å². The molecule has 0 spiro atoms. The van der Waals surface area contributed by atoms with Crippen molar-refractivity contribution in [1.29, 1.82) is 0 Å². The molecule has 3 rings (SSSR count). The first-order chi connectivity index (χ1) is 11.1. The van der Waals surface area contributed by atoms with Crippen molar-refractivity contribution in [2.75, 3.05) is 32.8 Å². The van der Waals surface area contributed by atoms with Crippen LogP contribution in [0.4, 0.5) is 0 Å². The van der Waals surface area contributed by atoms with Crippen LogP contribution in [0.5, 0.6) is 0 Å². The molecule has 1 unspecified atom stereocenters. The van der Waals surface area contributed by atoms with Crippen LogP contribution in [-0.2, 0) is 19.1 Å². The van der Waals surface area contributed by atoms with E-state index in [1.54, 1.807) is 4.90 Å². The Morgan fingerprint density at radius 1 is 1.00 bits per heavy atom. The summed E-state index contributed by atoms with van der Waals surface area (Å²) in [6, 6.07) is -0.250. The third-order valence-electron chi connectivity index (χ3n) is 5.20. The zero-order chi connectivity index (χ0) is 16.4. The van der Waals surface area contributed by atoms with E-state index in [2.05, 4.69) is 0 Å². The minimum Gasteiger partial charge on any atom is -0.350 e. The lowest BCUT2D eigenvalue weighted by Gasteiger charge is -2.37. The van der Waals surface area contributed by atoms with Gasteiger partial charge in [0.1, 0.15) is 6.04 Å².